The van der Waals surface area contributed by atoms with Gasteiger partial charge in [-0.2, -0.15) is 0 Å². The van der Waals surface area contributed by atoms with Crippen LogP contribution in [0.25, 0.3) is 20.9 Å². The standard InChI is InChI=1S/C60H86N8O13S2/c1-39-51(82-37-63-39)43-17-13-41(14-18-43)31-61-55(73)47-29-45(69)33-67(47)57(75)53(59(3,4)5)65-49(71)35-80-26-12-24-78-22-10-9-21-77-23-11-25-79-27-28-81-36-50(72)66-54(60(6,7)8)58(76)68-34-46(70)30-48(68)56(74)62-32-42-15-19-44(20-16-42)52-40(2)64-38-83-52/h13-20,37-38,45-48,53-54,69-70H,9-12,21-36H2,1-8H3,(H,61,73)(H,62,74)(H,65,71)(H,66,72)/t45-,46-,47+,48+,53-,54-/m1/s1. The first-order chi connectivity index (χ1) is 39.6. The number of carbonyl (C=O) groups is 6. The smallest absolute Gasteiger partial charge is 0.246 e. The fourth-order valence-corrected chi connectivity index (χ4v) is 11.3. The molecule has 0 aliphatic carbocycles. The molecular weight excluding hydrogens is 1100 g/mol. The summed E-state index contributed by atoms with van der Waals surface area (Å²) >= 11 is 3.13. The number of rotatable bonds is 32. The first-order valence-electron chi connectivity index (χ1n) is 28.6. The SMILES string of the molecule is Cc1ncsc1-c1ccc(CNC(=O)[C@@H]2C[C@@H](O)CN2C(=O)[C@@H](NC(=O)COCCCOCCCCOCCCOCCOCC(=O)N[C@H](C(=O)N2C[C@H](O)C[C@H]2C(=O)NCc2ccc(-c3scnc3C)cc2)C(C)(C)C)C(C)(C)C)cc1. The molecule has 4 aromatic rings. The molecule has 2 fully saturated rings. The minimum atomic E-state index is -0.972. The van der Waals surface area contributed by atoms with Gasteiger partial charge in [-0.1, -0.05) is 90.1 Å². The Morgan fingerprint density at radius 1 is 0.542 bits per heavy atom. The first kappa shape index (κ1) is 66.4. The van der Waals surface area contributed by atoms with Gasteiger partial charge in [0.05, 0.1) is 57.6 Å². The number of hydrogen-bond donors (Lipinski definition) is 6. The Labute approximate surface area is 495 Å². The van der Waals surface area contributed by atoms with Crippen LogP contribution in [0.5, 0.6) is 0 Å². The van der Waals surface area contributed by atoms with Crippen LogP contribution in [0.15, 0.2) is 59.6 Å². The number of thiazole rings is 2. The van der Waals surface area contributed by atoms with Crippen molar-refractivity contribution in [1.29, 1.82) is 0 Å². The van der Waals surface area contributed by atoms with Gasteiger partial charge in [-0.15, -0.1) is 22.7 Å². The first-order valence-corrected chi connectivity index (χ1v) is 30.3. The van der Waals surface area contributed by atoms with E-state index in [1.807, 2.05) is 115 Å². The van der Waals surface area contributed by atoms with Crippen molar-refractivity contribution in [2.45, 2.75) is 143 Å². The quantitative estimate of drug-likeness (QED) is 0.0347. The monoisotopic (exact) mass is 1190 g/mol. The highest BCUT2D eigenvalue weighted by Gasteiger charge is 2.46. The normalized spacial score (nSPS) is 18.0. The number of ether oxygens (including phenoxy) is 5. The molecule has 0 radical (unpaired) electrons. The van der Waals surface area contributed by atoms with Crippen LogP contribution in [-0.2, 0) is 65.5 Å². The van der Waals surface area contributed by atoms with Gasteiger partial charge in [-0.05, 0) is 72.6 Å². The van der Waals surface area contributed by atoms with E-state index in [2.05, 4.69) is 31.2 Å². The van der Waals surface area contributed by atoms with Gasteiger partial charge >= 0.3 is 0 Å². The van der Waals surface area contributed by atoms with E-state index < -0.39 is 70.8 Å². The Balaban J connectivity index is 0.754. The summed E-state index contributed by atoms with van der Waals surface area (Å²) in [6.45, 7) is 18.1. The van der Waals surface area contributed by atoms with E-state index in [0.717, 1.165) is 56.2 Å². The third-order valence-corrected chi connectivity index (χ3v) is 16.2. The summed E-state index contributed by atoms with van der Waals surface area (Å²) in [5.74, 6) is -2.59. The van der Waals surface area contributed by atoms with Gasteiger partial charge in [0.1, 0.15) is 37.4 Å². The Morgan fingerprint density at radius 2 is 0.892 bits per heavy atom. The van der Waals surface area contributed by atoms with Crippen molar-refractivity contribution in [3.63, 3.8) is 0 Å². The number of β-amino-alcohol motifs (C(OH)–C–C–N with tert-alkyl or cyclic N) is 2. The molecule has 0 unspecified atom stereocenters. The van der Waals surface area contributed by atoms with E-state index >= 15 is 0 Å². The highest BCUT2D eigenvalue weighted by atomic mass is 32.1. The van der Waals surface area contributed by atoms with Gasteiger partial charge in [0.25, 0.3) is 0 Å². The molecule has 2 aromatic heterocycles. The molecule has 4 heterocycles. The molecule has 2 aliphatic heterocycles. The number of aliphatic hydroxyl groups excluding tert-OH is 2. The lowest BCUT2D eigenvalue weighted by atomic mass is 9.85. The molecule has 6 atom stereocenters. The van der Waals surface area contributed by atoms with Gasteiger partial charge in [-0.3, -0.25) is 28.8 Å². The Kier molecular flexibility index (Phi) is 26.0. The molecule has 21 nitrogen and oxygen atoms in total. The summed E-state index contributed by atoms with van der Waals surface area (Å²) in [6, 6.07) is 12.0. The molecule has 6 N–H and O–H groups in total. The number of nitrogens with one attached hydrogen (secondary N) is 4. The minimum Gasteiger partial charge on any atom is -0.391 e. The van der Waals surface area contributed by atoms with E-state index in [1.54, 1.807) is 22.7 Å². The number of carbonyl (C=O) groups excluding carboxylic acids is 6. The number of hydrogen-bond acceptors (Lipinski definition) is 17. The van der Waals surface area contributed by atoms with Crippen LogP contribution in [0, 0.1) is 24.7 Å². The summed E-state index contributed by atoms with van der Waals surface area (Å²) in [7, 11) is 0. The molecule has 23 heteroatoms. The topological polar surface area (TPSA) is 269 Å². The van der Waals surface area contributed by atoms with E-state index in [-0.39, 0.29) is 83.9 Å². The van der Waals surface area contributed by atoms with Crippen LogP contribution in [0.1, 0.15) is 103 Å². The van der Waals surface area contributed by atoms with Crippen LogP contribution in [0.4, 0.5) is 0 Å². The number of aliphatic hydroxyl groups is 2. The fraction of sp³-hybridized carbons (Fsp3) is 0.600. The molecule has 83 heavy (non-hydrogen) atoms. The van der Waals surface area contributed by atoms with Crippen molar-refractivity contribution in [2.24, 2.45) is 10.8 Å². The highest BCUT2D eigenvalue weighted by Crippen LogP contribution is 2.31. The summed E-state index contributed by atoms with van der Waals surface area (Å²) in [6.07, 6.45) is 1.30. The van der Waals surface area contributed by atoms with Gasteiger partial charge in [-0.25, -0.2) is 9.97 Å². The summed E-state index contributed by atoms with van der Waals surface area (Å²) < 4.78 is 28.2. The molecule has 0 bridgehead atoms. The van der Waals surface area contributed by atoms with Crippen LogP contribution in [0.3, 0.4) is 0 Å². The molecular formula is C60H86N8O13S2. The van der Waals surface area contributed by atoms with Gasteiger partial charge in [0.2, 0.25) is 35.4 Å². The third-order valence-electron chi connectivity index (χ3n) is 14.2. The maximum absolute atomic E-state index is 14.0. The van der Waals surface area contributed by atoms with Crippen molar-refractivity contribution in [3.8, 4) is 20.9 Å². The van der Waals surface area contributed by atoms with Crippen molar-refractivity contribution >= 4 is 58.1 Å². The van der Waals surface area contributed by atoms with Crippen LogP contribution in [-0.4, -0.2) is 181 Å². The number of benzene rings is 2. The largest absolute Gasteiger partial charge is 0.391 e. The maximum atomic E-state index is 14.0. The number of amides is 6. The lowest BCUT2D eigenvalue weighted by Crippen LogP contribution is -2.58. The molecule has 2 saturated heterocycles. The average molecular weight is 1190 g/mol. The Morgan fingerprint density at radius 3 is 1.27 bits per heavy atom. The van der Waals surface area contributed by atoms with Crippen molar-refractivity contribution < 1.29 is 62.7 Å². The maximum Gasteiger partial charge on any atom is 0.246 e. The molecule has 0 spiro atoms. The molecule has 2 aromatic carbocycles. The average Bonchev–Trinajstić information content (AvgIpc) is 4.42. The fourth-order valence-electron chi connectivity index (χ4n) is 9.65. The number of unbranched alkanes of at least 4 members (excludes halogenated alkanes) is 1. The molecule has 2 aliphatic rings. The van der Waals surface area contributed by atoms with Crippen LogP contribution >= 0.6 is 22.7 Å². The zero-order valence-corrected chi connectivity index (χ0v) is 51.0. The second-order valence-electron chi connectivity index (χ2n) is 23.2. The molecule has 6 amide bonds. The molecule has 6 rings (SSSR count). The second-order valence-corrected chi connectivity index (χ2v) is 25.0. The van der Waals surface area contributed by atoms with Gasteiger partial charge in [0.15, 0.2) is 0 Å². The van der Waals surface area contributed by atoms with E-state index in [4.69, 9.17) is 23.7 Å². The number of aromatic nitrogens is 2. The summed E-state index contributed by atoms with van der Waals surface area (Å²) in [5.41, 5.74) is 7.99. The van der Waals surface area contributed by atoms with E-state index in [1.165, 1.54) is 9.80 Å². The Bertz CT molecular complexity index is 2530. The lowest BCUT2D eigenvalue weighted by Gasteiger charge is -2.35. The summed E-state index contributed by atoms with van der Waals surface area (Å²) in [5, 5.41) is 32.6. The van der Waals surface area contributed by atoms with Gasteiger partial charge < -0.3 is 65.0 Å². The second kappa shape index (κ2) is 32.5. The van der Waals surface area contributed by atoms with Crippen molar-refractivity contribution in [3.05, 3.63) is 82.1 Å². The van der Waals surface area contributed by atoms with E-state index in [0.29, 0.717) is 45.9 Å². The minimum absolute atomic E-state index is 0.0191. The number of likely N-dealkylation sites (tertiary alicyclic amines) is 2. The van der Waals surface area contributed by atoms with Crippen molar-refractivity contribution in [2.75, 3.05) is 79.2 Å². The van der Waals surface area contributed by atoms with Crippen LogP contribution in [0.2, 0.25) is 0 Å². The third kappa shape index (κ3) is 20.8. The highest BCUT2D eigenvalue weighted by molar-refractivity contribution is 7.13. The Hall–Kier alpha value is -5.76. The number of aryl methyl sites for hydroxylation is 2. The molecule has 456 valence electrons. The van der Waals surface area contributed by atoms with Crippen molar-refractivity contribution in [1.82, 2.24) is 41.0 Å². The van der Waals surface area contributed by atoms with Gasteiger partial charge in [0, 0.05) is 78.7 Å². The number of nitrogens with zero attached hydrogens (tertiary/aromatic N) is 4. The molecule has 0 saturated carbocycles. The predicted octanol–water partition coefficient (Wildman–Crippen LogP) is 5.11. The lowest BCUT2D eigenvalue weighted by molar-refractivity contribution is -0.144. The van der Waals surface area contributed by atoms with E-state index in [9.17, 15) is 39.0 Å². The zero-order chi connectivity index (χ0) is 60.1. The zero-order valence-electron chi connectivity index (χ0n) is 49.4. The summed E-state index contributed by atoms with van der Waals surface area (Å²) in [4.78, 5) is 94.3. The predicted molar refractivity (Wildman–Crippen MR) is 316 cm³/mol. The van der Waals surface area contributed by atoms with Crippen LogP contribution < -0.4 is 21.3 Å².